The molecule has 0 fully saturated rings. The second-order valence-corrected chi connectivity index (χ2v) is 7.47. The Morgan fingerprint density at radius 3 is 2.40 bits per heavy atom. The summed E-state index contributed by atoms with van der Waals surface area (Å²) in [6.07, 6.45) is 0. The number of hydrogen-bond donors (Lipinski definition) is 0. The van der Waals surface area contributed by atoms with E-state index in [0.29, 0.717) is 11.1 Å². The lowest BCUT2D eigenvalue weighted by Crippen LogP contribution is -2.22. The standard InChI is InChI=1S/C17H15FN2O4S/c1-20(2)25(22,23)14-7-8-16(18)15(9-14)17(21)24-11-13-5-3-12(10-19)4-6-13/h3-9H,11H2,1-2H3. The van der Waals surface area contributed by atoms with Crippen LogP contribution in [0.25, 0.3) is 0 Å². The molecule has 0 N–H and O–H groups in total. The first-order valence-electron chi connectivity index (χ1n) is 7.14. The zero-order valence-corrected chi connectivity index (χ0v) is 14.4. The fraction of sp³-hybridized carbons (Fsp3) is 0.176. The predicted molar refractivity (Wildman–Crippen MR) is 87.5 cm³/mol. The van der Waals surface area contributed by atoms with Crippen LogP contribution in [0.2, 0.25) is 0 Å². The fourth-order valence-corrected chi connectivity index (χ4v) is 2.86. The van der Waals surface area contributed by atoms with Crippen LogP contribution in [-0.4, -0.2) is 32.8 Å². The molecule has 2 rings (SSSR count). The molecule has 2 aromatic rings. The molecule has 0 saturated carbocycles. The molecule has 0 atom stereocenters. The van der Waals surface area contributed by atoms with Crippen molar-refractivity contribution in [3.63, 3.8) is 0 Å². The van der Waals surface area contributed by atoms with Gasteiger partial charge in [0, 0.05) is 14.1 Å². The fourth-order valence-electron chi connectivity index (χ4n) is 1.93. The molecule has 0 unspecified atom stereocenters. The van der Waals surface area contributed by atoms with E-state index >= 15 is 0 Å². The van der Waals surface area contributed by atoms with Gasteiger partial charge in [-0.15, -0.1) is 0 Å². The van der Waals surface area contributed by atoms with E-state index < -0.39 is 27.4 Å². The van der Waals surface area contributed by atoms with Gasteiger partial charge >= 0.3 is 5.97 Å². The van der Waals surface area contributed by atoms with E-state index in [4.69, 9.17) is 10.00 Å². The lowest BCUT2D eigenvalue weighted by atomic mass is 10.1. The molecule has 2 aromatic carbocycles. The van der Waals surface area contributed by atoms with Crippen molar-refractivity contribution in [2.45, 2.75) is 11.5 Å². The molecule has 0 aliphatic rings. The Kier molecular flexibility index (Phi) is 5.51. The van der Waals surface area contributed by atoms with Crippen LogP contribution in [0.5, 0.6) is 0 Å². The summed E-state index contributed by atoms with van der Waals surface area (Å²) in [4.78, 5) is 11.9. The number of ether oxygens (including phenoxy) is 1. The molecule has 0 aliphatic heterocycles. The monoisotopic (exact) mass is 362 g/mol. The summed E-state index contributed by atoms with van der Waals surface area (Å²) < 4.78 is 44.0. The van der Waals surface area contributed by atoms with E-state index in [9.17, 15) is 17.6 Å². The number of nitriles is 1. The lowest BCUT2D eigenvalue weighted by molar-refractivity contribution is 0.0467. The van der Waals surface area contributed by atoms with Crippen LogP contribution in [0.4, 0.5) is 4.39 Å². The van der Waals surface area contributed by atoms with Crippen molar-refractivity contribution in [3.05, 3.63) is 65.0 Å². The Morgan fingerprint density at radius 2 is 1.84 bits per heavy atom. The highest BCUT2D eigenvalue weighted by atomic mass is 32.2. The lowest BCUT2D eigenvalue weighted by Gasteiger charge is -2.12. The molecule has 0 bridgehead atoms. The minimum atomic E-state index is -3.80. The maximum atomic E-state index is 13.9. The maximum Gasteiger partial charge on any atom is 0.341 e. The molecule has 6 nitrogen and oxygen atoms in total. The van der Waals surface area contributed by atoms with Crippen LogP contribution in [-0.2, 0) is 21.4 Å². The van der Waals surface area contributed by atoms with E-state index in [1.165, 1.54) is 14.1 Å². The van der Waals surface area contributed by atoms with Gasteiger partial charge in [0.1, 0.15) is 12.4 Å². The van der Waals surface area contributed by atoms with Crippen LogP contribution in [0, 0.1) is 17.1 Å². The van der Waals surface area contributed by atoms with Gasteiger partial charge in [0.2, 0.25) is 10.0 Å². The van der Waals surface area contributed by atoms with Gasteiger partial charge in [0.25, 0.3) is 0 Å². The van der Waals surface area contributed by atoms with Crippen LogP contribution >= 0.6 is 0 Å². The Balaban J connectivity index is 2.20. The van der Waals surface area contributed by atoms with Gasteiger partial charge in [-0.05, 0) is 35.9 Å². The molecule has 0 aliphatic carbocycles. The highest BCUT2D eigenvalue weighted by Gasteiger charge is 2.22. The molecule has 0 amide bonds. The summed E-state index contributed by atoms with van der Waals surface area (Å²) in [5.74, 6) is -1.85. The van der Waals surface area contributed by atoms with E-state index in [1.54, 1.807) is 24.3 Å². The van der Waals surface area contributed by atoms with Gasteiger partial charge in [0.05, 0.1) is 22.1 Å². The molecule has 0 saturated heterocycles. The van der Waals surface area contributed by atoms with E-state index in [-0.39, 0.29) is 11.5 Å². The van der Waals surface area contributed by atoms with Gasteiger partial charge < -0.3 is 4.74 Å². The number of esters is 1. The van der Waals surface area contributed by atoms with Gasteiger partial charge in [-0.3, -0.25) is 0 Å². The summed E-state index contributed by atoms with van der Waals surface area (Å²) in [6, 6.07) is 11.3. The zero-order valence-electron chi connectivity index (χ0n) is 13.6. The first-order valence-corrected chi connectivity index (χ1v) is 8.58. The van der Waals surface area contributed by atoms with E-state index in [0.717, 1.165) is 22.5 Å². The average Bonchev–Trinajstić information content (AvgIpc) is 2.60. The van der Waals surface area contributed by atoms with Crippen molar-refractivity contribution in [1.82, 2.24) is 4.31 Å². The number of nitrogens with zero attached hydrogens (tertiary/aromatic N) is 2. The number of carbonyl (C=O) groups excluding carboxylic acids is 1. The third kappa shape index (κ3) is 4.21. The smallest absolute Gasteiger partial charge is 0.341 e. The molecular formula is C17H15FN2O4S. The Hall–Kier alpha value is -2.76. The number of carbonyl (C=O) groups is 1. The van der Waals surface area contributed by atoms with Crippen molar-refractivity contribution in [3.8, 4) is 6.07 Å². The van der Waals surface area contributed by atoms with Crippen LogP contribution in [0.3, 0.4) is 0 Å². The third-order valence-corrected chi connectivity index (χ3v) is 5.20. The van der Waals surface area contributed by atoms with Crippen molar-refractivity contribution in [2.75, 3.05) is 14.1 Å². The topological polar surface area (TPSA) is 87.5 Å². The molecule has 0 spiro atoms. The summed E-state index contributed by atoms with van der Waals surface area (Å²) in [5, 5.41) is 8.73. The van der Waals surface area contributed by atoms with Gasteiger partial charge in [-0.2, -0.15) is 5.26 Å². The van der Waals surface area contributed by atoms with E-state index in [1.807, 2.05) is 6.07 Å². The van der Waals surface area contributed by atoms with Crippen molar-refractivity contribution >= 4 is 16.0 Å². The quantitative estimate of drug-likeness (QED) is 0.762. The Morgan fingerprint density at radius 1 is 1.20 bits per heavy atom. The molecular weight excluding hydrogens is 347 g/mol. The molecule has 8 heteroatoms. The van der Waals surface area contributed by atoms with Crippen molar-refractivity contribution in [2.24, 2.45) is 0 Å². The average molecular weight is 362 g/mol. The van der Waals surface area contributed by atoms with Crippen LogP contribution in [0.1, 0.15) is 21.5 Å². The van der Waals surface area contributed by atoms with Crippen LogP contribution in [0.15, 0.2) is 47.4 Å². The van der Waals surface area contributed by atoms with Gasteiger partial charge in [-0.25, -0.2) is 21.9 Å². The Labute approximate surface area is 145 Å². The van der Waals surface area contributed by atoms with Crippen LogP contribution < -0.4 is 0 Å². The highest BCUT2D eigenvalue weighted by molar-refractivity contribution is 7.89. The van der Waals surface area contributed by atoms with E-state index in [2.05, 4.69) is 0 Å². The predicted octanol–water partition coefficient (Wildman–Crippen LogP) is 2.30. The van der Waals surface area contributed by atoms with Crippen molar-refractivity contribution in [1.29, 1.82) is 5.26 Å². The number of benzene rings is 2. The second kappa shape index (κ2) is 7.42. The maximum absolute atomic E-state index is 13.9. The Bertz CT molecular complexity index is 932. The summed E-state index contributed by atoms with van der Waals surface area (Å²) in [7, 11) is -1.13. The molecule has 0 heterocycles. The summed E-state index contributed by atoms with van der Waals surface area (Å²) in [6.45, 7) is -0.130. The SMILES string of the molecule is CN(C)S(=O)(=O)c1ccc(F)c(C(=O)OCc2ccc(C#N)cc2)c1. The number of rotatable bonds is 5. The zero-order chi connectivity index (χ0) is 18.6. The number of sulfonamides is 1. The molecule has 130 valence electrons. The minimum absolute atomic E-state index is 0.130. The number of hydrogen-bond acceptors (Lipinski definition) is 5. The number of halogens is 1. The van der Waals surface area contributed by atoms with Crippen molar-refractivity contribution < 1.29 is 22.3 Å². The first-order chi connectivity index (χ1) is 11.8. The normalized spacial score (nSPS) is 11.2. The first kappa shape index (κ1) is 18.6. The molecule has 25 heavy (non-hydrogen) atoms. The molecule has 0 radical (unpaired) electrons. The second-order valence-electron chi connectivity index (χ2n) is 5.31. The molecule has 0 aromatic heterocycles. The third-order valence-electron chi connectivity index (χ3n) is 3.39. The summed E-state index contributed by atoms with van der Waals surface area (Å²) >= 11 is 0. The van der Waals surface area contributed by atoms with Gasteiger partial charge in [0.15, 0.2) is 0 Å². The summed E-state index contributed by atoms with van der Waals surface area (Å²) in [5.41, 5.74) is 0.615. The highest BCUT2D eigenvalue weighted by Crippen LogP contribution is 2.19. The van der Waals surface area contributed by atoms with Gasteiger partial charge in [-0.1, -0.05) is 12.1 Å². The largest absolute Gasteiger partial charge is 0.457 e. The minimum Gasteiger partial charge on any atom is -0.457 e.